The van der Waals surface area contributed by atoms with E-state index in [9.17, 15) is 14.4 Å². The third kappa shape index (κ3) is 2.78. The molecule has 118 valence electrons. The van der Waals surface area contributed by atoms with Gasteiger partial charge in [0.25, 0.3) is 5.91 Å². The number of hydrogen-bond acceptors (Lipinski definition) is 3. The minimum atomic E-state index is -0.979. The van der Waals surface area contributed by atoms with Crippen LogP contribution in [0.2, 0.25) is 5.02 Å². The Labute approximate surface area is 132 Å². The van der Waals surface area contributed by atoms with Gasteiger partial charge in [0.2, 0.25) is 5.91 Å². The van der Waals surface area contributed by atoms with Crippen molar-refractivity contribution in [3.8, 4) is 0 Å². The molecule has 1 saturated carbocycles. The lowest BCUT2D eigenvalue weighted by Gasteiger charge is -2.09. The Morgan fingerprint density at radius 1 is 1.23 bits per heavy atom. The predicted octanol–water partition coefficient (Wildman–Crippen LogP) is 1.99. The van der Waals surface area contributed by atoms with Gasteiger partial charge in [-0.3, -0.25) is 14.4 Å². The number of carbonyl (C=O) groups is 3. The van der Waals surface area contributed by atoms with Gasteiger partial charge in [0, 0.05) is 12.7 Å². The van der Waals surface area contributed by atoms with Crippen LogP contribution in [0.3, 0.4) is 0 Å². The SMILES string of the molecule is CNC(=O)c1cc(NC(=O)[C@H]2[C@H](C(=O)O)C2(C)C)ccc1Cl. The van der Waals surface area contributed by atoms with Crippen LogP contribution in [0.5, 0.6) is 0 Å². The van der Waals surface area contributed by atoms with Gasteiger partial charge in [-0.05, 0) is 23.6 Å². The summed E-state index contributed by atoms with van der Waals surface area (Å²) in [6.07, 6.45) is 0. The highest BCUT2D eigenvalue weighted by Crippen LogP contribution is 2.58. The summed E-state index contributed by atoms with van der Waals surface area (Å²) in [5, 5.41) is 14.5. The number of amides is 2. The fourth-order valence-corrected chi connectivity index (χ4v) is 2.92. The van der Waals surface area contributed by atoms with Gasteiger partial charge < -0.3 is 15.7 Å². The Morgan fingerprint density at radius 3 is 2.36 bits per heavy atom. The summed E-state index contributed by atoms with van der Waals surface area (Å²) < 4.78 is 0. The number of benzene rings is 1. The normalized spacial score (nSPS) is 21.8. The number of carbonyl (C=O) groups excluding carboxylic acids is 2. The van der Waals surface area contributed by atoms with Crippen LogP contribution in [0.15, 0.2) is 18.2 Å². The number of aliphatic carboxylic acids is 1. The number of nitrogens with one attached hydrogen (secondary N) is 2. The lowest BCUT2D eigenvalue weighted by atomic mass is 10.1. The monoisotopic (exact) mass is 324 g/mol. The second kappa shape index (κ2) is 5.61. The van der Waals surface area contributed by atoms with E-state index in [4.69, 9.17) is 16.7 Å². The Hall–Kier alpha value is -2.08. The van der Waals surface area contributed by atoms with E-state index in [2.05, 4.69) is 10.6 Å². The van der Waals surface area contributed by atoms with E-state index in [1.807, 2.05) is 0 Å². The molecular formula is C15H17ClN2O4. The second-order valence-electron chi connectivity index (χ2n) is 5.88. The van der Waals surface area contributed by atoms with E-state index >= 15 is 0 Å². The molecule has 0 radical (unpaired) electrons. The average Bonchev–Trinajstić information content (AvgIpc) is 3.03. The standard InChI is InChI=1S/C15H17ClN2O4/c1-15(2)10(11(15)14(21)22)13(20)18-7-4-5-9(16)8(6-7)12(19)17-3/h4-6,10-11H,1-3H3,(H,17,19)(H,18,20)(H,21,22)/t10-,11-/m1/s1. The maximum absolute atomic E-state index is 12.2. The van der Waals surface area contributed by atoms with Crippen molar-refractivity contribution in [3.63, 3.8) is 0 Å². The van der Waals surface area contributed by atoms with Crippen LogP contribution in [0, 0.1) is 17.3 Å². The number of carboxylic acid groups (broad SMARTS) is 1. The van der Waals surface area contributed by atoms with Gasteiger partial charge in [-0.2, -0.15) is 0 Å². The van der Waals surface area contributed by atoms with Gasteiger partial charge in [0.15, 0.2) is 0 Å². The molecular weight excluding hydrogens is 308 g/mol. The maximum atomic E-state index is 12.2. The van der Waals surface area contributed by atoms with Crippen LogP contribution in [0.4, 0.5) is 5.69 Å². The minimum absolute atomic E-state index is 0.242. The van der Waals surface area contributed by atoms with Gasteiger partial charge in [0.1, 0.15) is 0 Å². The third-order valence-electron chi connectivity index (χ3n) is 4.08. The molecule has 3 N–H and O–H groups in total. The molecule has 1 aromatic carbocycles. The van der Waals surface area contributed by atoms with Crippen LogP contribution in [-0.2, 0) is 9.59 Å². The van der Waals surface area contributed by atoms with Gasteiger partial charge in [-0.1, -0.05) is 25.4 Å². The van der Waals surface area contributed by atoms with Crippen molar-refractivity contribution in [3.05, 3.63) is 28.8 Å². The summed E-state index contributed by atoms with van der Waals surface area (Å²) >= 11 is 5.94. The Balaban J connectivity index is 2.17. The highest BCUT2D eigenvalue weighted by atomic mass is 35.5. The number of hydrogen-bond donors (Lipinski definition) is 3. The van der Waals surface area contributed by atoms with Crippen molar-refractivity contribution in [1.82, 2.24) is 5.32 Å². The fourth-order valence-electron chi connectivity index (χ4n) is 2.72. The van der Waals surface area contributed by atoms with Crippen LogP contribution in [0.1, 0.15) is 24.2 Å². The molecule has 2 atom stereocenters. The van der Waals surface area contributed by atoms with Crippen molar-refractivity contribution in [2.45, 2.75) is 13.8 Å². The molecule has 1 aromatic rings. The first-order valence-electron chi connectivity index (χ1n) is 6.75. The molecule has 0 bridgehead atoms. The molecule has 0 saturated heterocycles. The summed E-state index contributed by atoms with van der Waals surface area (Å²) in [4.78, 5) is 35.0. The second-order valence-corrected chi connectivity index (χ2v) is 6.29. The molecule has 0 heterocycles. The first-order valence-corrected chi connectivity index (χ1v) is 7.13. The molecule has 2 amide bonds. The largest absolute Gasteiger partial charge is 0.481 e. The average molecular weight is 325 g/mol. The zero-order valence-corrected chi connectivity index (χ0v) is 13.2. The summed E-state index contributed by atoms with van der Waals surface area (Å²) in [5.41, 5.74) is 0.0676. The van der Waals surface area contributed by atoms with E-state index in [1.54, 1.807) is 19.9 Å². The van der Waals surface area contributed by atoms with Crippen LogP contribution in [-0.4, -0.2) is 29.9 Å². The van der Waals surface area contributed by atoms with E-state index in [1.165, 1.54) is 19.2 Å². The molecule has 22 heavy (non-hydrogen) atoms. The highest BCUT2D eigenvalue weighted by Gasteiger charge is 2.65. The molecule has 0 aromatic heterocycles. The van der Waals surface area contributed by atoms with Gasteiger partial charge >= 0.3 is 5.97 Å². The first-order chi connectivity index (χ1) is 10.2. The van der Waals surface area contributed by atoms with Crippen LogP contribution < -0.4 is 10.6 Å². The van der Waals surface area contributed by atoms with E-state index < -0.39 is 23.2 Å². The molecule has 1 fully saturated rings. The lowest BCUT2D eigenvalue weighted by molar-refractivity contribution is -0.140. The van der Waals surface area contributed by atoms with E-state index in [-0.39, 0.29) is 22.4 Å². The van der Waals surface area contributed by atoms with E-state index in [0.29, 0.717) is 5.69 Å². The van der Waals surface area contributed by atoms with Crippen LogP contribution >= 0.6 is 11.6 Å². The number of anilines is 1. The number of carboxylic acids is 1. The van der Waals surface area contributed by atoms with Crippen LogP contribution in [0.25, 0.3) is 0 Å². The Morgan fingerprint density at radius 2 is 1.86 bits per heavy atom. The number of halogens is 1. The third-order valence-corrected chi connectivity index (χ3v) is 4.41. The Bertz CT molecular complexity index is 657. The molecule has 0 spiro atoms. The van der Waals surface area contributed by atoms with Gasteiger partial charge in [-0.15, -0.1) is 0 Å². The molecule has 0 aliphatic heterocycles. The maximum Gasteiger partial charge on any atom is 0.307 e. The fraction of sp³-hybridized carbons (Fsp3) is 0.400. The van der Waals surface area contributed by atoms with Crippen molar-refractivity contribution < 1.29 is 19.5 Å². The molecule has 1 aliphatic rings. The number of rotatable bonds is 4. The highest BCUT2D eigenvalue weighted by molar-refractivity contribution is 6.34. The van der Waals surface area contributed by atoms with Crippen molar-refractivity contribution >= 4 is 35.1 Å². The zero-order valence-electron chi connectivity index (χ0n) is 12.4. The minimum Gasteiger partial charge on any atom is -0.481 e. The predicted molar refractivity (Wildman–Crippen MR) is 81.9 cm³/mol. The first kappa shape index (κ1) is 16.3. The van der Waals surface area contributed by atoms with E-state index in [0.717, 1.165) is 0 Å². The summed E-state index contributed by atoms with van der Waals surface area (Å²) in [6.45, 7) is 3.49. The molecule has 6 nitrogen and oxygen atoms in total. The van der Waals surface area contributed by atoms with Crippen molar-refractivity contribution in [2.75, 3.05) is 12.4 Å². The summed E-state index contributed by atoms with van der Waals surface area (Å²) in [6, 6.07) is 4.54. The van der Waals surface area contributed by atoms with Crippen molar-refractivity contribution in [2.24, 2.45) is 17.3 Å². The smallest absolute Gasteiger partial charge is 0.307 e. The zero-order chi connectivity index (χ0) is 16.7. The quantitative estimate of drug-likeness (QED) is 0.789. The topological polar surface area (TPSA) is 95.5 Å². The van der Waals surface area contributed by atoms with Gasteiger partial charge in [0.05, 0.1) is 22.4 Å². The lowest BCUT2D eigenvalue weighted by Crippen LogP contribution is -2.20. The molecule has 1 aliphatic carbocycles. The molecule has 2 rings (SSSR count). The summed E-state index contributed by atoms with van der Waals surface area (Å²) in [7, 11) is 1.48. The molecule has 0 unspecified atom stereocenters. The summed E-state index contributed by atoms with van der Waals surface area (Å²) in [5.74, 6) is -3.01. The Kier molecular flexibility index (Phi) is 4.15. The molecule has 7 heteroatoms. The van der Waals surface area contributed by atoms with Gasteiger partial charge in [-0.25, -0.2) is 0 Å². The van der Waals surface area contributed by atoms with Crippen molar-refractivity contribution in [1.29, 1.82) is 0 Å².